The van der Waals surface area contributed by atoms with Crippen molar-refractivity contribution in [3.8, 4) is 5.75 Å². The Bertz CT molecular complexity index is 497. The van der Waals surface area contributed by atoms with Crippen LogP contribution in [0.15, 0.2) is 12.1 Å². The van der Waals surface area contributed by atoms with Crippen molar-refractivity contribution in [2.45, 2.75) is 124 Å². The Morgan fingerprint density at radius 2 is 1.07 bits per heavy atom. The minimum Gasteiger partial charge on any atom is -0.508 e. The molecule has 0 bridgehead atoms. The van der Waals surface area contributed by atoms with Gasteiger partial charge in [-0.25, -0.2) is 0 Å². The molecule has 1 rings (SSSR count). The fraction of sp³-hybridized carbons (Fsp3) is 0.769. The second-order valence-corrected chi connectivity index (χ2v) is 8.69. The van der Waals surface area contributed by atoms with Gasteiger partial charge in [-0.1, -0.05) is 103 Å². The Kier molecular flexibility index (Phi) is 14.9. The van der Waals surface area contributed by atoms with Gasteiger partial charge in [0.05, 0.1) is 0 Å². The summed E-state index contributed by atoms with van der Waals surface area (Å²) in [7, 11) is 0. The number of aryl methyl sites for hydroxylation is 1. The van der Waals surface area contributed by atoms with E-state index >= 15 is 0 Å². The minimum atomic E-state index is 0.398. The van der Waals surface area contributed by atoms with E-state index in [0.29, 0.717) is 5.75 Å². The van der Waals surface area contributed by atoms with Crippen molar-refractivity contribution in [3.05, 3.63) is 23.3 Å². The molecule has 162 valence electrons. The van der Waals surface area contributed by atoms with Crippen LogP contribution in [0.25, 0.3) is 0 Å². The zero-order valence-corrected chi connectivity index (χ0v) is 19.1. The zero-order chi connectivity index (χ0) is 20.5. The highest BCUT2D eigenvalue weighted by Crippen LogP contribution is 2.26. The summed E-state index contributed by atoms with van der Waals surface area (Å²) in [6.45, 7) is 7.30. The highest BCUT2D eigenvalue weighted by atomic mass is 16.3. The van der Waals surface area contributed by atoms with Crippen molar-refractivity contribution < 1.29 is 5.11 Å². The van der Waals surface area contributed by atoms with Gasteiger partial charge in [-0.2, -0.15) is 0 Å². The smallest absolute Gasteiger partial charge is 0.120 e. The van der Waals surface area contributed by atoms with Crippen molar-refractivity contribution in [3.63, 3.8) is 0 Å². The predicted octanol–water partition coefficient (Wildman–Crippen LogP) is 8.68. The highest BCUT2D eigenvalue weighted by molar-refractivity contribution is 5.58. The highest BCUT2D eigenvalue weighted by Gasteiger charge is 2.04. The first-order valence-electron chi connectivity index (χ1n) is 12.2. The van der Waals surface area contributed by atoms with Crippen molar-refractivity contribution >= 4 is 5.69 Å². The lowest BCUT2D eigenvalue weighted by Gasteiger charge is -2.12. The van der Waals surface area contributed by atoms with E-state index in [-0.39, 0.29) is 0 Å². The normalized spacial score (nSPS) is 11.1. The first-order chi connectivity index (χ1) is 13.6. The Labute approximate surface area is 175 Å². The predicted molar refractivity (Wildman–Crippen MR) is 126 cm³/mol. The van der Waals surface area contributed by atoms with Gasteiger partial charge in [0.15, 0.2) is 0 Å². The molecule has 2 nitrogen and oxygen atoms in total. The first-order valence-corrected chi connectivity index (χ1v) is 12.2. The van der Waals surface area contributed by atoms with Crippen LogP contribution in [0.4, 0.5) is 5.69 Å². The average Bonchev–Trinajstić information content (AvgIpc) is 2.67. The number of phenolic OH excluding ortho intramolecular Hbond substituents is 1. The molecule has 0 amide bonds. The maximum absolute atomic E-state index is 9.88. The van der Waals surface area contributed by atoms with Crippen LogP contribution >= 0.6 is 0 Å². The summed E-state index contributed by atoms with van der Waals surface area (Å²) in [4.78, 5) is 0. The summed E-state index contributed by atoms with van der Waals surface area (Å²) in [5.41, 5.74) is 3.15. The molecule has 0 aliphatic rings. The van der Waals surface area contributed by atoms with Gasteiger partial charge in [0.1, 0.15) is 5.75 Å². The van der Waals surface area contributed by atoms with E-state index in [9.17, 15) is 5.11 Å². The molecule has 1 aromatic carbocycles. The largest absolute Gasteiger partial charge is 0.508 e. The minimum absolute atomic E-state index is 0.398. The molecule has 2 N–H and O–H groups in total. The molecule has 0 aliphatic heterocycles. The number of phenols is 1. The van der Waals surface area contributed by atoms with Gasteiger partial charge in [0.25, 0.3) is 0 Å². The standard InChI is InChI=1S/C26H47NO/c1-4-5-6-7-8-9-10-11-12-13-14-15-16-17-18-19-20-27-25-21-23(2)22-26(28)24(25)3/h21-22,27-28H,4-20H2,1-3H3. The van der Waals surface area contributed by atoms with E-state index in [4.69, 9.17) is 0 Å². The Morgan fingerprint density at radius 1 is 0.643 bits per heavy atom. The van der Waals surface area contributed by atoms with Crippen LogP contribution in [0.2, 0.25) is 0 Å². The molecule has 0 fully saturated rings. The van der Waals surface area contributed by atoms with Gasteiger partial charge < -0.3 is 10.4 Å². The Morgan fingerprint density at radius 3 is 1.54 bits per heavy atom. The molecule has 0 spiro atoms. The van der Waals surface area contributed by atoms with E-state index in [1.54, 1.807) is 0 Å². The van der Waals surface area contributed by atoms with Crippen LogP contribution in [0, 0.1) is 13.8 Å². The summed E-state index contributed by atoms with van der Waals surface area (Å²) in [6, 6.07) is 3.96. The van der Waals surface area contributed by atoms with Crippen molar-refractivity contribution in [2.75, 3.05) is 11.9 Å². The molecule has 0 unspecified atom stereocenters. The second-order valence-electron chi connectivity index (χ2n) is 8.69. The fourth-order valence-electron chi connectivity index (χ4n) is 3.92. The number of hydrogen-bond donors (Lipinski definition) is 2. The van der Waals surface area contributed by atoms with Gasteiger partial charge in [-0.05, 0) is 38.0 Å². The second kappa shape index (κ2) is 16.7. The maximum Gasteiger partial charge on any atom is 0.120 e. The molecular weight excluding hydrogens is 342 g/mol. The van der Waals surface area contributed by atoms with Crippen LogP contribution in [0.5, 0.6) is 5.75 Å². The van der Waals surface area contributed by atoms with E-state index < -0.39 is 0 Å². The molecule has 28 heavy (non-hydrogen) atoms. The third kappa shape index (κ3) is 12.3. The third-order valence-electron chi connectivity index (χ3n) is 5.87. The van der Waals surface area contributed by atoms with E-state index in [2.05, 4.69) is 18.3 Å². The van der Waals surface area contributed by atoms with Gasteiger partial charge in [-0.3, -0.25) is 0 Å². The number of benzene rings is 1. The SMILES string of the molecule is CCCCCCCCCCCCCCCCCCNc1cc(C)cc(O)c1C. The Balaban J connectivity index is 1.84. The molecule has 0 saturated heterocycles. The molecule has 0 saturated carbocycles. The number of anilines is 1. The van der Waals surface area contributed by atoms with Crippen LogP contribution in [-0.2, 0) is 0 Å². The van der Waals surface area contributed by atoms with Crippen molar-refractivity contribution in [2.24, 2.45) is 0 Å². The topological polar surface area (TPSA) is 32.3 Å². The third-order valence-corrected chi connectivity index (χ3v) is 5.87. The molecule has 2 heteroatoms. The van der Waals surface area contributed by atoms with Crippen LogP contribution in [0.1, 0.15) is 121 Å². The van der Waals surface area contributed by atoms with E-state index in [1.165, 1.54) is 103 Å². The number of unbranched alkanes of at least 4 members (excludes halogenated alkanes) is 15. The molecule has 0 atom stereocenters. The molecule has 0 aliphatic carbocycles. The summed E-state index contributed by atoms with van der Waals surface area (Å²) < 4.78 is 0. The molecule has 1 aromatic rings. The lowest BCUT2D eigenvalue weighted by atomic mass is 10.0. The summed E-state index contributed by atoms with van der Waals surface area (Å²) >= 11 is 0. The fourth-order valence-corrected chi connectivity index (χ4v) is 3.92. The first kappa shape index (κ1) is 24.9. The summed E-state index contributed by atoms with van der Waals surface area (Å²) in [5.74, 6) is 0.398. The number of rotatable bonds is 18. The quantitative estimate of drug-likeness (QED) is 0.246. The molecule has 0 heterocycles. The molecule has 0 aromatic heterocycles. The van der Waals surface area contributed by atoms with Gasteiger partial charge >= 0.3 is 0 Å². The zero-order valence-electron chi connectivity index (χ0n) is 19.1. The van der Waals surface area contributed by atoms with Crippen molar-refractivity contribution in [1.29, 1.82) is 0 Å². The van der Waals surface area contributed by atoms with Gasteiger partial charge in [0.2, 0.25) is 0 Å². The van der Waals surface area contributed by atoms with Crippen molar-refractivity contribution in [1.82, 2.24) is 0 Å². The number of hydrogen-bond acceptors (Lipinski definition) is 2. The number of nitrogens with one attached hydrogen (secondary N) is 1. The lowest BCUT2D eigenvalue weighted by molar-refractivity contribution is 0.471. The Hall–Kier alpha value is -1.18. The maximum atomic E-state index is 9.88. The van der Waals surface area contributed by atoms with Crippen LogP contribution in [-0.4, -0.2) is 11.7 Å². The summed E-state index contributed by atoms with van der Waals surface area (Å²) in [6.07, 6.45) is 22.5. The van der Waals surface area contributed by atoms with Crippen LogP contribution < -0.4 is 5.32 Å². The number of aromatic hydroxyl groups is 1. The lowest BCUT2D eigenvalue weighted by Crippen LogP contribution is -2.03. The summed E-state index contributed by atoms with van der Waals surface area (Å²) in [5, 5.41) is 13.4. The monoisotopic (exact) mass is 389 g/mol. The van der Waals surface area contributed by atoms with E-state index in [1.807, 2.05) is 19.9 Å². The molecular formula is C26H47NO. The van der Waals surface area contributed by atoms with Gasteiger partial charge in [0, 0.05) is 17.8 Å². The van der Waals surface area contributed by atoms with E-state index in [0.717, 1.165) is 23.4 Å². The van der Waals surface area contributed by atoms with Crippen LogP contribution in [0.3, 0.4) is 0 Å². The molecule has 0 radical (unpaired) electrons. The average molecular weight is 390 g/mol. The van der Waals surface area contributed by atoms with Gasteiger partial charge in [-0.15, -0.1) is 0 Å².